The van der Waals surface area contributed by atoms with Gasteiger partial charge in [0, 0.05) is 10.1 Å². The highest BCUT2D eigenvalue weighted by atomic mass is 32.1. The van der Waals surface area contributed by atoms with E-state index < -0.39 is 23.5 Å². The quantitative estimate of drug-likeness (QED) is 0.722. The highest BCUT2D eigenvalue weighted by Crippen LogP contribution is 2.28. The Balaban J connectivity index is 1.91. The first-order chi connectivity index (χ1) is 11.5. The molecule has 0 saturated carbocycles. The van der Waals surface area contributed by atoms with Crippen molar-refractivity contribution in [2.75, 3.05) is 12.4 Å². The SMILES string of the molecule is COC(=O)c1ccc(F)c(NC(=O)c2cc3c(F)cccc3s2)c1. The van der Waals surface area contributed by atoms with Crippen molar-refractivity contribution < 1.29 is 23.1 Å². The summed E-state index contributed by atoms with van der Waals surface area (Å²) in [6.07, 6.45) is 0. The number of nitrogens with one attached hydrogen (secondary N) is 1. The Kier molecular flexibility index (Phi) is 4.26. The Bertz CT molecular complexity index is 952. The van der Waals surface area contributed by atoms with Gasteiger partial charge in [-0.2, -0.15) is 0 Å². The number of hydrogen-bond acceptors (Lipinski definition) is 4. The first kappa shape index (κ1) is 16.1. The highest BCUT2D eigenvalue weighted by molar-refractivity contribution is 7.20. The summed E-state index contributed by atoms with van der Waals surface area (Å²) < 4.78 is 32.7. The number of thiophene rings is 1. The predicted molar refractivity (Wildman–Crippen MR) is 87.5 cm³/mol. The first-order valence-electron chi connectivity index (χ1n) is 6.87. The van der Waals surface area contributed by atoms with Gasteiger partial charge >= 0.3 is 5.97 Å². The van der Waals surface area contributed by atoms with E-state index in [9.17, 15) is 18.4 Å². The Labute approximate surface area is 139 Å². The zero-order valence-corrected chi connectivity index (χ0v) is 13.2. The average Bonchev–Trinajstić information content (AvgIpc) is 3.02. The maximum Gasteiger partial charge on any atom is 0.337 e. The fraction of sp³-hybridized carbons (Fsp3) is 0.0588. The largest absolute Gasteiger partial charge is 0.465 e. The minimum Gasteiger partial charge on any atom is -0.465 e. The molecule has 3 aromatic rings. The fourth-order valence-electron chi connectivity index (χ4n) is 2.19. The summed E-state index contributed by atoms with van der Waals surface area (Å²) in [7, 11) is 1.20. The second-order valence-corrected chi connectivity index (χ2v) is 5.99. The van der Waals surface area contributed by atoms with Crippen LogP contribution in [0.1, 0.15) is 20.0 Å². The smallest absolute Gasteiger partial charge is 0.337 e. The summed E-state index contributed by atoms with van der Waals surface area (Å²) in [6.45, 7) is 0. The molecule has 4 nitrogen and oxygen atoms in total. The highest BCUT2D eigenvalue weighted by Gasteiger charge is 2.16. The van der Waals surface area contributed by atoms with Crippen molar-refractivity contribution in [3.05, 3.63) is 64.5 Å². The van der Waals surface area contributed by atoms with Gasteiger partial charge in [0.25, 0.3) is 5.91 Å². The number of ether oxygens (including phenoxy) is 1. The third kappa shape index (κ3) is 2.98. The lowest BCUT2D eigenvalue weighted by atomic mass is 10.2. The van der Waals surface area contributed by atoms with Gasteiger partial charge in [-0.25, -0.2) is 13.6 Å². The number of halogens is 2. The van der Waals surface area contributed by atoms with Crippen LogP contribution in [-0.4, -0.2) is 19.0 Å². The van der Waals surface area contributed by atoms with Crippen molar-refractivity contribution in [2.45, 2.75) is 0 Å². The van der Waals surface area contributed by atoms with E-state index in [-0.39, 0.29) is 16.1 Å². The predicted octanol–water partition coefficient (Wildman–Crippen LogP) is 4.22. The van der Waals surface area contributed by atoms with E-state index in [0.717, 1.165) is 17.4 Å². The number of hydrogen-bond donors (Lipinski definition) is 1. The summed E-state index contributed by atoms with van der Waals surface area (Å²) in [6, 6.07) is 9.46. The zero-order chi connectivity index (χ0) is 17.3. The van der Waals surface area contributed by atoms with Gasteiger partial charge in [0.2, 0.25) is 0 Å². The van der Waals surface area contributed by atoms with Crippen LogP contribution in [-0.2, 0) is 4.74 Å². The Hall–Kier alpha value is -2.80. The van der Waals surface area contributed by atoms with Crippen LogP contribution in [0.25, 0.3) is 10.1 Å². The van der Waals surface area contributed by atoms with E-state index in [0.29, 0.717) is 10.1 Å². The maximum absolute atomic E-state index is 13.9. The minimum atomic E-state index is -0.691. The van der Waals surface area contributed by atoms with Gasteiger partial charge in [-0.3, -0.25) is 4.79 Å². The molecule has 0 radical (unpaired) electrons. The van der Waals surface area contributed by atoms with Crippen LogP contribution in [0.4, 0.5) is 14.5 Å². The number of fused-ring (bicyclic) bond motifs is 1. The number of anilines is 1. The maximum atomic E-state index is 13.9. The lowest BCUT2D eigenvalue weighted by molar-refractivity contribution is 0.0600. The zero-order valence-electron chi connectivity index (χ0n) is 12.4. The van der Waals surface area contributed by atoms with E-state index in [1.807, 2.05) is 0 Å². The second-order valence-electron chi connectivity index (χ2n) is 4.90. The summed E-state index contributed by atoms with van der Waals surface area (Å²) in [5.74, 6) is -2.35. The van der Waals surface area contributed by atoms with Crippen molar-refractivity contribution >= 4 is 39.0 Å². The number of carbonyl (C=O) groups excluding carboxylic acids is 2. The van der Waals surface area contributed by atoms with E-state index in [2.05, 4.69) is 10.1 Å². The number of esters is 1. The Morgan fingerprint density at radius 2 is 1.88 bits per heavy atom. The molecular formula is C17H11F2NO3S. The van der Waals surface area contributed by atoms with Gasteiger partial charge in [-0.05, 0) is 36.4 Å². The monoisotopic (exact) mass is 347 g/mol. The van der Waals surface area contributed by atoms with Gasteiger partial charge in [-0.1, -0.05) is 6.07 Å². The van der Waals surface area contributed by atoms with Gasteiger partial charge < -0.3 is 10.1 Å². The van der Waals surface area contributed by atoms with Crippen molar-refractivity contribution in [3.63, 3.8) is 0 Å². The Morgan fingerprint density at radius 1 is 1.08 bits per heavy atom. The van der Waals surface area contributed by atoms with Crippen molar-refractivity contribution in [2.24, 2.45) is 0 Å². The van der Waals surface area contributed by atoms with Crippen LogP contribution in [0, 0.1) is 11.6 Å². The molecule has 0 aliphatic rings. The third-order valence-electron chi connectivity index (χ3n) is 3.37. The molecule has 24 heavy (non-hydrogen) atoms. The van der Waals surface area contributed by atoms with Crippen LogP contribution in [0.3, 0.4) is 0 Å². The Morgan fingerprint density at radius 3 is 2.58 bits per heavy atom. The lowest BCUT2D eigenvalue weighted by Crippen LogP contribution is -2.12. The molecule has 3 rings (SSSR count). The molecule has 0 aliphatic heterocycles. The molecule has 1 amide bonds. The number of rotatable bonds is 3. The van der Waals surface area contributed by atoms with E-state index >= 15 is 0 Å². The van der Waals surface area contributed by atoms with Crippen molar-refractivity contribution in [3.8, 4) is 0 Å². The summed E-state index contributed by atoms with van der Waals surface area (Å²) in [5.41, 5.74) is -0.0441. The molecule has 7 heteroatoms. The topological polar surface area (TPSA) is 55.4 Å². The number of carbonyl (C=O) groups is 2. The standard InChI is InChI=1S/C17H11F2NO3S/c1-23-17(22)9-5-6-12(19)13(7-9)20-16(21)15-8-10-11(18)3-2-4-14(10)24-15/h2-8H,1H3,(H,20,21). The van der Waals surface area contributed by atoms with E-state index in [1.165, 1.54) is 31.4 Å². The van der Waals surface area contributed by atoms with Crippen LogP contribution in [0.15, 0.2) is 42.5 Å². The summed E-state index contributed by atoms with van der Waals surface area (Å²) >= 11 is 1.09. The molecule has 122 valence electrons. The molecule has 2 aromatic carbocycles. The molecule has 0 aliphatic carbocycles. The molecular weight excluding hydrogens is 336 g/mol. The number of benzene rings is 2. The van der Waals surface area contributed by atoms with Crippen LogP contribution in [0.2, 0.25) is 0 Å². The summed E-state index contributed by atoms with van der Waals surface area (Å²) in [4.78, 5) is 24.0. The molecule has 0 spiro atoms. The van der Waals surface area contributed by atoms with E-state index in [1.54, 1.807) is 12.1 Å². The molecule has 1 heterocycles. The van der Waals surface area contributed by atoms with Gasteiger partial charge in [-0.15, -0.1) is 11.3 Å². The molecule has 0 atom stereocenters. The number of methoxy groups -OCH3 is 1. The van der Waals surface area contributed by atoms with Gasteiger partial charge in [0.15, 0.2) is 0 Å². The normalized spacial score (nSPS) is 10.6. The van der Waals surface area contributed by atoms with Gasteiger partial charge in [0.1, 0.15) is 11.6 Å². The van der Waals surface area contributed by atoms with Crippen LogP contribution in [0.5, 0.6) is 0 Å². The molecule has 1 N–H and O–H groups in total. The third-order valence-corrected chi connectivity index (χ3v) is 4.47. The molecule has 0 fully saturated rings. The molecule has 0 unspecified atom stereocenters. The second kappa shape index (κ2) is 6.37. The van der Waals surface area contributed by atoms with E-state index in [4.69, 9.17) is 0 Å². The minimum absolute atomic E-state index is 0.108. The average molecular weight is 347 g/mol. The summed E-state index contributed by atoms with van der Waals surface area (Å²) in [5, 5.41) is 2.72. The fourth-order valence-corrected chi connectivity index (χ4v) is 3.16. The van der Waals surface area contributed by atoms with Crippen LogP contribution < -0.4 is 5.32 Å². The van der Waals surface area contributed by atoms with Crippen molar-refractivity contribution in [1.29, 1.82) is 0 Å². The van der Waals surface area contributed by atoms with Gasteiger partial charge in [0.05, 0.1) is 23.2 Å². The molecule has 1 aromatic heterocycles. The first-order valence-corrected chi connectivity index (χ1v) is 7.68. The number of amides is 1. The lowest BCUT2D eigenvalue weighted by Gasteiger charge is -2.07. The van der Waals surface area contributed by atoms with Crippen molar-refractivity contribution in [1.82, 2.24) is 0 Å². The molecule has 0 saturated heterocycles. The molecule has 0 bridgehead atoms. The van der Waals surface area contributed by atoms with Crippen LogP contribution >= 0.6 is 11.3 Å².